The Kier molecular flexibility index (Phi) is 15.9. The number of anilines is 1. The van der Waals surface area contributed by atoms with E-state index in [9.17, 15) is 24.5 Å². The van der Waals surface area contributed by atoms with Gasteiger partial charge in [-0.3, -0.25) is 34.7 Å². The number of nitrogens with one attached hydrogen (secondary N) is 1. The molecule has 6 heterocycles. The molecule has 0 aliphatic carbocycles. The van der Waals surface area contributed by atoms with Gasteiger partial charge < -0.3 is 24.9 Å². The number of nitrogens with zero attached hydrogens (tertiary/aromatic N) is 7. The van der Waals surface area contributed by atoms with Gasteiger partial charge in [-0.15, -0.1) is 0 Å². The van der Waals surface area contributed by atoms with Gasteiger partial charge in [-0.1, -0.05) is 35.9 Å². The standard InChI is InChI=1S/C26H23ClN6O.C9H10N2O4.C9H11NO2/c1-15-9-23(28)31-16(2)20(15)14-30-26(34)25-22-5-3-4-8-33(22)24(32-25)11-17-6-7-21-18(10-17)12-19(27)13-29-21;1-2-15-9(12)8(11(13)14)7-5-3-4-6-10-7;1-2-12-9(11)7-8-5-3-4-6-10-8/h3-10,12-13H,11,14H2,1-2H3,(H2,28,31)(H,30,34);3-6,8H,2H2,1H3;3-6H,2,7H2,1H3. The van der Waals surface area contributed by atoms with E-state index < -0.39 is 16.9 Å². The van der Waals surface area contributed by atoms with Crippen LogP contribution in [-0.4, -0.2) is 65.3 Å². The lowest BCUT2D eigenvalue weighted by atomic mass is 10.1. The molecule has 1 atom stereocenters. The molecule has 16 nitrogen and oxygen atoms in total. The fourth-order valence-corrected chi connectivity index (χ4v) is 6.35. The molecule has 6 aromatic heterocycles. The fraction of sp³-hybridized carbons (Fsp3) is 0.227. The third-order valence-electron chi connectivity index (χ3n) is 8.96. The minimum Gasteiger partial charge on any atom is -0.466 e. The lowest BCUT2D eigenvalue weighted by molar-refractivity contribution is -0.517. The third kappa shape index (κ3) is 12.3. The maximum Gasteiger partial charge on any atom is 0.388 e. The van der Waals surface area contributed by atoms with Crippen LogP contribution in [0.2, 0.25) is 5.02 Å². The monoisotopic (exact) mass is 845 g/mol. The maximum atomic E-state index is 13.1. The van der Waals surface area contributed by atoms with Crippen molar-refractivity contribution in [3.8, 4) is 0 Å². The first-order chi connectivity index (χ1) is 29.4. The molecule has 3 N–H and O–H groups in total. The second kappa shape index (κ2) is 21.6. The van der Waals surface area contributed by atoms with Crippen LogP contribution in [0, 0.1) is 24.0 Å². The zero-order chi connectivity index (χ0) is 43.9. The van der Waals surface area contributed by atoms with Crippen LogP contribution in [0.4, 0.5) is 5.82 Å². The summed E-state index contributed by atoms with van der Waals surface area (Å²) in [6, 6.07) is 24.0. The Morgan fingerprint density at radius 1 is 0.902 bits per heavy atom. The predicted octanol–water partition coefficient (Wildman–Crippen LogP) is 6.80. The molecule has 1 amide bonds. The predicted molar refractivity (Wildman–Crippen MR) is 229 cm³/mol. The molecule has 1 unspecified atom stereocenters. The van der Waals surface area contributed by atoms with Gasteiger partial charge in [0.05, 0.1) is 41.4 Å². The van der Waals surface area contributed by atoms with E-state index in [0.29, 0.717) is 36.1 Å². The second-order valence-corrected chi connectivity index (χ2v) is 13.7. The molecule has 61 heavy (non-hydrogen) atoms. The summed E-state index contributed by atoms with van der Waals surface area (Å²) in [5.74, 6) is -0.101. The third-order valence-corrected chi connectivity index (χ3v) is 9.16. The zero-order valence-electron chi connectivity index (χ0n) is 33.9. The molecule has 0 aliphatic heterocycles. The molecular weight excluding hydrogens is 802 g/mol. The van der Waals surface area contributed by atoms with Crippen molar-refractivity contribution < 1.29 is 28.8 Å². The van der Waals surface area contributed by atoms with Gasteiger partial charge in [0.2, 0.25) is 0 Å². The number of amides is 1. The number of fused-ring (bicyclic) bond motifs is 2. The average Bonchev–Trinajstić information content (AvgIpc) is 3.59. The Balaban J connectivity index is 0.000000214. The second-order valence-electron chi connectivity index (χ2n) is 13.3. The van der Waals surface area contributed by atoms with Gasteiger partial charge in [-0.2, -0.15) is 0 Å². The number of aromatic nitrogens is 6. The van der Waals surface area contributed by atoms with E-state index in [-0.39, 0.29) is 30.6 Å². The molecule has 0 saturated carbocycles. The minimum atomic E-state index is -1.54. The van der Waals surface area contributed by atoms with Crippen LogP contribution >= 0.6 is 11.6 Å². The van der Waals surface area contributed by atoms with Crippen LogP contribution in [0.25, 0.3) is 16.4 Å². The Morgan fingerprint density at radius 2 is 1.64 bits per heavy atom. The summed E-state index contributed by atoms with van der Waals surface area (Å²) >= 11 is 6.12. The molecule has 7 rings (SSSR count). The summed E-state index contributed by atoms with van der Waals surface area (Å²) in [7, 11) is 0. The van der Waals surface area contributed by atoms with Gasteiger partial charge in [0.15, 0.2) is 5.69 Å². The highest BCUT2D eigenvalue weighted by molar-refractivity contribution is 6.31. The Labute approximate surface area is 356 Å². The quantitative estimate of drug-likeness (QED) is 0.0735. The number of hydrogen-bond acceptors (Lipinski definition) is 13. The Bertz CT molecular complexity index is 2600. The van der Waals surface area contributed by atoms with Crippen molar-refractivity contribution in [3.05, 3.63) is 170 Å². The first kappa shape index (κ1) is 44.8. The van der Waals surface area contributed by atoms with Gasteiger partial charge in [0.25, 0.3) is 5.91 Å². The molecule has 0 saturated heterocycles. The summed E-state index contributed by atoms with van der Waals surface area (Å²) in [5, 5.41) is 15.2. The van der Waals surface area contributed by atoms with Crippen LogP contribution in [0.1, 0.15) is 70.0 Å². The number of nitrogen functional groups attached to an aromatic ring is 1. The molecule has 0 fully saturated rings. The van der Waals surface area contributed by atoms with Crippen molar-refractivity contribution in [2.45, 2.75) is 53.1 Å². The number of esters is 2. The van der Waals surface area contributed by atoms with E-state index in [1.54, 1.807) is 44.4 Å². The number of hydrogen-bond donors (Lipinski definition) is 2. The van der Waals surface area contributed by atoms with Crippen molar-refractivity contribution in [3.63, 3.8) is 0 Å². The number of halogens is 1. The first-order valence-electron chi connectivity index (χ1n) is 19.2. The normalized spacial score (nSPS) is 11.0. The van der Waals surface area contributed by atoms with Gasteiger partial charge >= 0.3 is 18.0 Å². The van der Waals surface area contributed by atoms with Gasteiger partial charge in [0.1, 0.15) is 17.3 Å². The van der Waals surface area contributed by atoms with Crippen molar-refractivity contribution >= 4 is 51.7 Å². The molecule has 314 valence electrons. The number of ether oxygens (including phenoxy) is 2. The summed E-state index contributed by atoms with van der Waals surface area (Å²) in [4.78, 5) is 66.5. The number of carbonyl (C=O) groups excluding carboxylic acids is 3. The molecule has 7 aromatic rings. The van der Waals surface area contributed by atoms with Crippen molar-refractivity contribution in [1.82, 2.24) is 34.6 Å². The van der Waals surface area contributed by atoms with E-state index in [0.717, 1.165) is 50.3 Å². The summed E-state index contributed by atoms with van der Waals surface area (Å²) in [5.41, 5.74) is 12.5. The van der Waals surface area contributed by atoms with Crippen molar-refractivity contribution in [2.24, 2.45) is 0 Å². The summed E-state index contributed by atoms with van der Waals surface area (Å²) < 4.78 is 11.3. The highest BCUT2D eigenvalue weighted by Crippen LogP contribution is 2.22. The Hall–Kier alpha value is -7.33. The number of pyridine rings is 5. The first-order valence-corrected chi connectivity index (χ1v) is 19.5. The molecule has 17 heteroatoms. The number of imidazole rings is 1. The molecule has 1 aromatic carbocycles. The lowest BCUT2D eigenvalue weighted by Gasteiger charge is -2.11. The average molecular weight is 846 g/mol. The van der Waals surface area contributed by atoms with E-state index in [4.69, 9.17) is 27.1 Å². The number of benzene rings is 1. The number of aryl methyl sites for hydroxylation is 2. The maximum absolute atomic E-state index is 13.1. The van der Waals surface area contributed by atoms with Gasteiger partial charge in [-0.25, -0.2) is 14.8 Å². The summed E-state index contributed by atoms with van der Waals surface area (Å²) in [6.45, 7) is 8.11. The molecular formula is C44H44ClN9O7. The number of rotatable bonds is 12. The fourth-order valence-electron chi connectivity index (χ4n) is 6.18. The molecule has 0 radical (unpaired) electrons. The smallest absolute Gasteiger partial charge is 0.388 e. The molecule has 0 spiro atoms. The number of nitrogens with two attached hydrogens (primary N) is 1. The van der Waals surface area contributed by atoms with Crippen molar-refractivity contribution in [2.75, 3.05) is 18.9 Å². The topological polar surface area (TPSA) is 220 Å². The van der Waals surface area contributed by atoms with Crippen LogP contribution in [0.3, 0.4) is 0 Å². The SMILES string of the molecule is CCOC(=O)C(c1ccccn1)[N+](=O)[O-].CCOC(=O)Cc1ccccn1.Cc1cc(N)nc(C)c1CNC(=O)c1nc(Cc2ccc3ncc(Cl)cc3c2)n2ccccc12. The Morgan fingerprint density at radius 3 is 2.31 bits per heavy atom. The van der Waals surface area contributed by atoms with E-state index in [1.165, 1.54) is 12.3 Å². The van der Waals surface area contributed by atoms with Crippen LogP contribution in [-0.2, 0) is 38.4 Å². The van der Waals surface area contributed by atoms with Crippen LogP contribution in [0.5, 0.6) is 0 Å². The lowest BCUT2D eigenvalue weighted by Crippen LogP contribution is -2.24. The largest absolute Gasteiger partial charge is 0.466 e. The van der Waals surface area contributed by atoms with Gasteiger partial charge in [0, 0.05) is 53.8 Å². The minimum absolute atomic E-state index is 0.0842. The molecule has 0 aliphatic rings. The van der Waals surface area contributed by atoms with Crippen LogP contribution in [0.15, 0.2) is 110 Å². The highest BCUT2D eigenvalue weighted by Gasteiger charge is 2.34. The van der Waals surface area contributed by atoms with Crippen molar-refractivity contribution in [1.29, 1.82) is 0 Å². The van der Waals surface area contributed by atoms with E-state index in [2.05, 4.69) is 36.1 Å². The van der Waals surface area contributed by atoms with E-state index >= 15 is 0 Å². The highest BCUT2D eigenvalue weighted by atomic mass is 35.5. The summed E-state index contributed by atoms with van der Waals surface area (Å²) in [6.07, 6.45) is 7.43. The zero-order valence-corrected chi connectivity index (χ0v) is 34.7. The van der Waals surface area contributed by atoms with E-state index in [1.807, 2.05) is 79.0 Å². The number of nitro groups is 1. The van der Waals surface area contributed by atoms with Crippen LogP contribution < -0.4 is 11.1 Å². The van der Waals surface area contributed by atoms with Gasteiger partial charge in [-0.05, 0) is 105 Å². The number of carbonyl (C=O) groups is 3. The molecule has 0 bridgehead atoms.